The molecular weight excluding hydrogens is 422 g/mol. The Balaban J connectivity index is 2.57. The smallest absolute Gasteiger partial charge is 0.337 e. The van der Waals surface area contributed by atoms with Gasteiger partial charge in [-0.25, -0.2) is 13.2 Å². The van der Waals surface area contributed by atoms with E-state index in [0.717, 1.165) is 4.31 Å². The molecule has 0 amide bonds. The summed E-state index contributed by atoms with van der Waals surface area (Å²) in [6.45, 7) is 1.10. The van der Waals surface area contributed by atoms with Gasteiger partial charge >= 0.3 is 11.9 Å². The van der Waals surface area contributed by atoms with Crippen LogP contribution in [0.2, 0.25) is 5.02 Å². The Kier molecular flexibility index (Phi) is 7.46. The zero-order valence-electron chi connectivity index (χ0n) is 16.0. The number of hydrogen-bond donors (Lipinski definition) is 0. The SMILES string of the molecule is CCOC(=O)CN(c1cccc(C(=O)OC)c1)S(=O)(=O)c1ccc(OC)c(Cl)c1. The second-order valence-electron chi connectivity index (χ2n) is 5.65. The molecule has 0 unspecified atom stereocenters. The number of carbonyl (C=O) groups excluding carboxylic acids is 2. The first-order valence-corrected chi connectivity index (χ1v) is 10.3. The van der Waals surface area contributed by atoms with Crippen molar-refractivity contribution in [2.24, 2.45) is 0 Å². The van der Waals surface area contributed by atoms with Gasteiger partial charge in [0, 0.05) is 0 Å². The number of methoxy groups -OCH3 is 2. The van der Waals surface area contributed by atoms with Crippen molar-refractivity contribution in [2.45, 2.75) is 11.8 Å². The third-order valence-electron chi connectivity index (χ3n) is 3.84. The van der Waals surface area contributed by atoms with Crippen LogP contribution in [-0.4, -0.2) is 47.7 Å². The fourth-order valence-electron chi connectivity index (χ4n) is 2.48. The third kappa shape index (κ3) is 5.18. The van der Waals surface area contributed by atoms with E-state index in [2.05, 4.69) is 4.74 Å². The molecule has 10 heteroatoms. The molecule has 0 aromatic heterocycles. The molecule has 8 nitrogen and oxygen atoms in total. The maximum atomic E-state index is 13.3. The van der Waals surface area contributed by atoms with Gasteiger partial charge in [-0.3, -0.25) is 9.10 Å². The molecule has 0 bridgehead atoms. The zero-order valence-corrected chi connectivity index (χ0v) is 17.6. The number of sulfonamides is 1. The molecule has 2 rings (SSSR count). The molecule has 0 radical (unpaired) electrons. The van der Waals surface area contributed by atoms with E-state index in [9.17, 15) is 18.0 Å². The average Bonchev–Trinajstić information content (AvgIpc) is 2.71. The van der Waals surface area contributed by atoms with Gasteiger partial charge in [0.15, 0.2) is 0 Å². The van der Waals surface area contributed by atoms with Gasteiger partial charge < -0.3 is 14.2 Å². The lowest BCUT2D eigenvalue weighted by atomic mass is 10.2. The van der Waals surface area contributed by atoms with Gasteiger partial charge in [0.2, 0.25) is 0 Å². The number of rotatable bonds is 8. The summed E-state index contributed by atoms with van der Waals surface area (Å²) in [5.41, 5.74) is 0.217. The molecule has 0 saturated heterocycles. The normalized spacial score (nSPS) is 10.9. The largest absolute Gasteiger partial charge is 0.495 e. The third-order valence-corrected chi connectivity index (χ3v) is 5.91. The Morgan fingerprint density at radius 2 is 1.83 bits per heavy atom. The zero-order chi connectivity index (χ0) is 21.6. The van der Waals surface area contributed by atoms with E-state index >= 15 is 0 Å². The van der Waals surface area contributed by atoms with Crippen LogP contribution in [0.1, 0.15) is 17.3 Å². The lowest BCUT2D eigenvalue weighted by molar-refractivity contribution is -0.141. The number of halogens is 1. The van der Waals surface area contributed by atoms with Crippen molar-refractivity contribution in [3.8, 4) is 5.75 Å². The fraction of sp³-hybridized carbons (Fsp3) is 0.263. The molecule has 0 N–H and O–H groups in total. The van der Waals surface area contributed by atoms with Crippen molar-refractivity contribution in [1.29, 1.82) is 0 Å². The molecule has 0 aliphatic rings. The van der Waals surface area contributed by atoms with E-state index in [1.807, 2.05) is 0 Å². The van der Waals surface area contributed by atoms with Crippen molar-refractivity contribution >= 4 is 39.3 Å². The van der Waals surface area contributed by atoms with Crippen molar-refractivity contribution in [3.05, 3.63) is 53.1 Å². The number of esters is 2. The first kappa shape index (κ1) is 22.5. The second-order valence-corrected chi connectivity index (χ2v) is 7.92. The number of ether oxygens (including phenoxy) is 3. The first-order chi connectivity index (χ1) is 13.7. The first-order valence-electron chi connectivity index (χ1n) is 8.44. The summed E-state index contributed by atoms with van der Waals surface area (Å²) in [5.74, 6) is -1.10. The van der Waals surface area contributed by atoms with Crippen LogP contribution >= 0.6 is 11.6 Å². The second kappa shape index (κ2) is 9.62. The Bertz CT molecular complexity index is 1010. The predicted molar refractivity (Wildman–Crippen MR) is 107 cm³/mol. The molecule has 156 valence electrons. The van der Waals surface area contributed by atoms with Crippen LogP contribution in [-0.2, 0) is 24.3 Å². The van der Waals surface area contributed by atoms with Gasteiger partial charge in [-0.05, 0) is 43.3 Å². The molecule has 2 aromatic carbocycles. The van der Waals surface area contributed by atoms with E-state index in [-0.39, 0.29) is 27.8 Å². The minimum Gasteiger partial charge on any atom is -0.495 e. The van der Waals surface area contributed by atoms with Gasteiger partial charge in [0.1, 0.15) is 12.3 Å². The summed E-state index contributed by atoms with van der Waals surface area (Å²) in [6.07, 6.45) is 0. The van der Waals surface area contributed by atoms with Crippen LogP contribution in [0.5, 0.6) is 5.75 Å². The van der Waals surface area contributed by atoms with Gasteiger partial charge in [-0.1, -0.05) is 17.7 Å². The van der Waals surface area contributed by atoms with E-state index in [1.165, 1.54) is 56.7 Å². The molecule has 0 atom stereocenters. The van der Waals surface area contributed by atoms with Crippen LogP contribution < -0.4 is 9.04 Å². The van der Waals surface area contributed by atoms with Crippen molar-refractivity contribution in [1.82, 2.24) is 0 Å². The lowest BCUT2D eigenvalue weighted by Crippen LogP contribution is -2.36. The van der Waals surface area contributed by atoms with Crippen LogP contribution in [0.15, 0.2) is 47.4 Å². The molecule has 0 aliphatic carbocycles. The lowest BCUT2D eigenvalue weighted by Gasteiger charge is -2.24. The Hall–Kier alpha value is -2.78. The van der Waals surface area contributed by atoms with Crippen LogP contribution in [0, 0.1) is 0 Å². The summed E-state index contributed by atoms with van der Waals surface area (Å²) in [4.78, 5) is 23.8. The quantitative estimate of drug-likeness (QED) is 0.580. The summed E-state index contributed by atoms with van der Waals surface area (Å²) < 4.78 is 42.0. The summed E-state index contributed by atoms with van der Waals surface area (Å²) in [7, 11) is -1.61. The molecule has 0 spiro atoms. The molecule has 0 saturated carbocycles. The van der Waals surface area contributed by atoms with E-state index in [4.69, 9.17) is 21.1 Å². The molecule has 2 aromatic rings. The van der Waals surface area contributed by atoms with Gasteiger partial charge in [-0.2, -0.15) is 0 Å². The Morgan fingerprint density at radius 1 is 1.10 bits per heavy atom. The highest BCUT2D eigenvalue weighted by Crippen LogP contribution is 2.30. The van der Waals surface area contributed by atoms with Crippen LogP contribution in [0.4, 0.5) is 5.69 Å². The number of anilines is 1. The number of benzene rings is 2. The molecule has 0 aliphatic heterocycles. The average molecular weight is 442 g/mol. The molecule has 0 fully saturated rings. The van der Waals surface area contributed by atoms with E-state index in [1.54, 1.807) is 6.92 Å². The highest BCUT2D eigenvalue weighted by Gasteiger charge is 2.29. The summed E-state index contributed by atoms with van der Waals surface area (Å²) in [5, 5.41) is 0.0907. The number of hydrogen-bond acceptors (Lipinski definition) is 7. The maximum absolute atomic E-state index is 13.3. The monoisotopic (exact) mass is 441 g/mol. The van der Waals surface area contributed by atoms with Crippen molar-refractivity contribution in [2.75, 3.05) is 31.7 Å². The fourth-order valence-corrected chi connectivity index (χ4v) is 4.23. The summed E-state index contributed by atoms with van der Waals surface area (Å²) in [6, 6.07) is 9.65. The van der Waals surface area contributed by atoms with Gasteiger partial charge in [-0.15, -0.1) is 0 Å². The van der Waals surface area contributed by atoms with Gasteiger partial charge in [0.25, 0.3) is 10.0 Å². The van der Waals surface area contributed by atoms with Crippen LogP contribution in [0.25, 0.3) is 0 Å². The standard InChI is InChI=1S/C19H20ClNO7S/c1-4-28-18(22)12-21(14-7-5-6-13(10-14)19(23)27-3)29(24,25)15-8-9-17(26-2)16(20)11-15/h5-11H,4,12H2,1-3H3. The minimum atomic E-state index is -4.22. The molecule has 0 heterocycles. The Morgan fingerprint density at radius 3 is 2.41 bits per heavy atom. The number of carbonyl (C=O) groups is 2. The van der Waals surface area contributed by atoms with E-state index in [0.29, 0.717) is 5.75 Å². The highest BCUT2D eigenvalue weighted by atomic mass is 35.5. The molecule has 29 heavy (non-hydrogen) atoms. The van der Waals surface area contributed by atoms with Crippen molar-refractivity contribution < 1.29 is 32.2 Å². The Labute approximate surface area is 174 Å². The van der Waals surface area contributed by atoms with Crippen molar-refractivity contribution in [3.63, 3.8) is 0 Å². The molecular formula is C19H20ClNO7S. The van der Waals surface area contributed by atoms with E-state index < -0.39 is 28.5 Å². The minimum absolute atomic E-state index is 0.0866. The maximum Gasteiger partial charge on any atom is 0.337 e. The summed E-state index contributed by atoms with van der Waals surface area (Å²) >= 11 is 6.07. The van der Waals surface area contributed by atoms with Gasteiger partial charge in [0.05, 0.1) is 42.0 Å². The van der Waals surface area contributed by atoms with Crippen LogP contribution in [0.3, 0.4) is 0 Å². The number of nitrogens with zero attached hydrogens (tertiary/aromatic N) is 1. The highest BCUT2D eigenvalue weighted by molar-refractivity contribution is 7.92. The predicted octanol–water partition coefficient (Wildman–Crippen LogP) is 2.89. The topological polar surface area (TPSA) is 99.2 Å².